The van der Waals surface area contributed by atoms with Gasteiger partial charge in [-0.2, -0.15) is 4.68 Å². The number of rotatable bonds is 4. The summed E-state index contributed by atoms with van der Waals surface area (Å²) < 4.78 is 1.57. The van der Waals surface area contributed by atoms with Crippen LogP contribution in [0.5, 0.6) is 0 Å². The normalized spacial score (nSPS) is 10.8. The van der Waals surface area contributed by atoms with Gasteiger partial charge in [-0.15, -0.1) is 5.10 Å². The van der Waals surface area contributed by atoms with Gasteiger partial charge in [-0.1, -0.05) is 26.0 Å². The Bertz CT molecular complexity index is 561. The van der Waals surface area contributed by atoms with Gasteiger partial charge in [0.25, 0.3) is 5.91 Å². The highest BCUT2D eigenvalue weighted by Crippen LogP contribution is 2.15. The van der Waals surface area contributed by atoms with Gasteiger partial charge in [-0.25, -0.2) is 0 Å². The van der Waals surface area contributed by atoms with E-state index in [-0.39, 0.29) is 0 Å². The number of hydrogen-bond acceptors (Lipinski definition) is 4. The third-order valence-electron chi connectivity index (χ3n) is 2.52. The van der Waals surface area contributed by atoms with Crippen molar-refractivity contribution < 1.29 is 4.79 Å². The lowest BCUT2D eigenvalue weighted by Gasteiger charge is -2.09. The molecule has 2 rings (SSSR count). The number of benzene rings is 1. The SMILES string of the molecule is CC(C)Cc1nnnn1-c1ccccc1C(N)=O. The van der Waals surface area contributed by atoms with Crippen LogP contribution < -0.4 is 5.73 Å². The lowest BCUT2D eigenvalue weighted by Crippen LogP contribution is -2.16. The van der Waals surface area contributed by atoms with Crippen molar-refractivity contribution in [3.8, 4) is 5.69 Å². The maximum absolute atomic E-state index is 11.4. The van der Waals surface area contributed by atoms with E-state index in [0.717, 1.165) is 12.2 Å². The number of amides is 1. The van der Waals surface area contributed by atoms with Gasteiger partial charge in [0.15, 0.2) is 5.82 Å². The Kier molecular flexibility index (Phi) is 3.36. The van der Waals surface area contributed by atoms with E-state index in [1.54, 1.807) is 22.9 Å². The number of carbonyl (C=O) groups is 1. The summed E-state index contributed by atoms with van der Waals surface area (Å²) >= 11 is 0. The number of nitrogens with zero attached hydrogens (tertiary/aromatic N) is 4. The van der Waals surface area contributed by atoms with Crippen LogP contribution in [-0.2, 0) is 6.42 Å². The molecule has 6 nitrogen and oxygen atoms in total. The molecule has 18 heavy (non-hydrogen) atoms. The lowest BCUT2D eigenvalue weighted by atomic mass is 10.1. The van der Waals surface area contributed by atoms with Gasteiger partial charge in [0.05, 0.1) is 11.3 Å². The molecule has 1 aromatic heterocycles. The molecule has 0 radical (unpaired) electrons. The van der Waals surface area contributed by atoms with E-state index in [9.17, 15) is 4.79 Å². The highest BCUT2D eigenvalue weighted by Gasteiger charge is 2.15. The van der Waals surface area contributed by atoms with E-state index in [1.165, 1.54) is 0 Å². The standard InChI is InChI=1S/C12H15N5O/c1-8(2)7-11-14-15-16-17(11)10-6-4-3-5-9(10)12(13)18/h3-6,8H,7H2,1-2H3,(H2,13,18). The Balaban J connectivity index is 2.49. The number of tetrazole rings is 1. The predicted molar refractivity (Wildman–Crippen MR) is 66.2 cm³/mol. The second-order valence-electron chi connectivity index (χ2n) is 4.49. The van der Waals surface area contributed by atoms with Crippen LogP contribution in [0.2, 0.25) is 0 Å². The van der Waals surface area contributed by atoms with Crippen molar-refractivity contribution in [1.82, 2.24) is 20.2 Å². The predicted octanol–water partition coefficient (Wildman–Crippen LogP) is 0.960. The van der Waals surface area contributed by atoms with Crippen molar-refractivity contribution in [2.45, 2.75) is 20.3 Å². The van der Waals surface area contributed by atoms with Gasteiger partial charge in [-0.3, -0.25) is 4.79 Å². The number of nitrogens with two attached hydrogens (primary N) is 1. The van der Waals surface area contributed by atoms with Crippen LogP contribution in [0.4, 0.5) is 0 Å². The average Bonchev–Trinajstić information content (AvgIpc) is 2.76. The summed E-state index contributed by atoms with van der Waals surface area (Å²) in [5.74, 6) is 0.658. The van der Waals surface area contributed by atoms with Crippen molar-refractivity contribution in [3.63, 3.8) is 0 Å². The van der Waals surface area contributed by atoms with Crippen molar-refractivity contribution in [2.75, 3.05) is 0 Å². The van der Waals surface area contributed by atoms with E-state index >= 15 is 0 Å². The molecule has 0 aliphatic rings. The minimum atomic E-state index is -0.489. The van der Waals surface area contributed by atoms with Crippen molar-refractivity contribution in [2.24, 2.45) is 11.7 Å². The molecular formula is C12H15N5O. The highest BCUT2D eigenvalue weighted by atomic mass is 16.1. The van der Waals surface area contributed by atoms with Gasteiger partial charge in [0.1, 0.15) is 0 Å². The number of primary amides is 1. The monoisotopic (exact) mass is 245 g/mol. The summed E-state index contributed by atoms with van der Waals surface area (Å²) in [6, 6.07) is 7.03. The van der Waals surface area contributed by atoms with Crippen LogP contribution in [0.3, 0.4) is 0 Å². The molecule has 1 amide bonds. The quantitative estimate of drug-likeness (QED) is 0.869. The second-order valence-corrected chi connectivity index (χ2v) is 4.49. The molecule has 2 aromatic rings. The molecule has 0 unspecified atom stereocenters. The molecule has 0 atom stereocenters. The molecule has 0 saturated carbocycles. The lowest BCUT2D eigenvalue weighted by molar-refractivity contribution is 0.1000. The summed E-state index contributed by atoms with van der Waals surface area (Å²) in [6.45, 7) is 4.16. The molecule has 1 heterocycles. The minimum Gasteiger partial charge on any atom is -0.366 e. The fourth-order valence-electron chi connectivity index (χ4n) is 1.75. The van der Waals surface area contributed by atoms with E-state index in [0.29, 0.717) is 17.2 Å². The van der Waals surface area contributed by atoms with Crippen LogP contribution in [0.15, 0.2) is 24.3 Å². The maximum atomic E-state index is 11.4. The van der Waals surface area contributed by atoms with Crippen molar-refractivity contribution in [3.05, 3.63) is 35.7 Å². The maximum Gasteiger partial charge on any atom is 0.250 e. The van der Waals surface area contributed by atoms with E-state index in [1.807, 2.05) is 6.07 Å². The molecular weight excluding hydrogens is 230 g/mol. The zero-order chi connectivity index (χ0) is 13.1. The molecule has 0 spiro atoms. The second kappa shape index (κ2) is 4.95. The number of para-hydroxylation sites is 1. The van der Waals surface area contributed by atoms with Crippen LogP contribution in [0, 0.1) is 5.92 Å². The van der Waals surface area contributed by atoms with Gasteiger partial charge >= 0.3 is 0 Å². The van der Waals surface area contributed by atoms with Crippen LogP contribution in [0.25, 0.3) is 5.69 Å². The Morgan fingerprint density at radius 1 is 1.39 bits per heavy atom. The molecule has 6 heteroatoms. The van der Waals surface area contributed by atoms with Gasteiger partial charge in [-0.05, 0) is 28.5 Å². The Morgan fingerprint density at radius 3 is 2.78 bits per heavy atom. The number of hydrogen-bond donors (Lipinski definition) is 1. The Hall–Kier alpha value is -2.24. The van der Waals surface area contributed by atoms with E-state index in [2.05, 4.69) is 29.4 Å². The first kappa shape index (κ1) is 12.2. The number of carbonyl (C=O) groups excluding carboxylic acids is 1. The summed E-state index contributed by atoms with van der Waals surface area (Å²) in [5.41, 5.74) is 6.38. The molecule has 0 aliphatic carbocycles. The third-order valence-corrected chi connectivity index (χ3v) is 2.52. The average molecular weight is 245 g/mol. The third kappa shape index (κ3) is 2.37. The summed E-state index contributed by atoms with van der Waals surface area (Å²) in [4.78, 5) is 11.4. The summed E-state index contributed by atoms with van der Waals surface area (Å²) in [5, 5.41) is 11.6. The molecule has 0 fully saturated rings. The highest BCUT2D eigenvalue weighted by molar-refractivity contribution is 5.96. The number of aromatic nitrogens is 4. The zero-order valence-corrected chi connectivity index (χ0v) is 10.4. The molecule has 0 saturated heterocycles. The molecule has 94 valence electrons. The minimum absolute atomic E-state index is 0.412. The first-order valence-corrected chi connectivity index (χ1v) is 5.76. The van der Waals surface area contributed by atoms with Gasteiger partial charge in [0.2, 0.25) is 0 Å². The topological polar surface area (TPSA) is 86.7 Å². The first-order valence-electron chi connectivity index (χ1n) is 5.76. The fourth-order valence-corrected chi connectivity index (χ4v) is 1.75. The van der Waals surface area contributed by atoms with Crippen LogP contribution >= 0.6 is 0 Å². The molecule has 1 aromatic carbocycles. The summed E-state index contributed by atoms with van der Waals surface area (Å²) in [6.07, 6.45) is 0.736. The van der Waals surface area contributed by atoms with Gasteiger partial charge < -0.3 is 5.73 Å². The molecule has 0 bridgehead atoms. The van der Waals surface area contributed by atoms with Crippen molar-refractivity contribution in [1.29, 1.82) is 0 Å². The van der Waals surface area contributed by atoms with Crippen LogP contribution in [-0.4, -0.2) is 26.1 Å². The fraction of sp³-hybridized carbons (Fsp3) is 0.333. The van der Waals surface area contributed by atoms with Crippen molar-refractivity contribution >= 4 is 5.91 Å². The molecule has 0 aliphatic heterocycles. The Labute approximate surface area is 105 Å². The summed E-state index contributed by atoms with van der Waals surface area (Å²) in [7, 11) is 0. The van der Waals surface area contributed by atoms with Crippen LogP contribution in [0.1, 0.15) is 30.0 Å². The molecule has 2 N–H and O–H groups in total. The largest absolute Gasteiger partial charge is 0.366 e. The van der Waals surface area contributed by atoms with Gasteiger partial charge in [0, 0.05) is 6.42 Å². The van der Waals surface area contributed by atoms with E-state index in [4.69, 9.17) is 5.73 Å². The first-order chi connectivity index (χ1) is 8.59. The zero-order valence-electron chi connectivity index (χ0n) is 10.4. The Morgan fingerprint density at radius 2 is 2.11 bits per heavy atom. The smallest absolute Gasteiger partial charge is 0.250 e. The van der Waals surface area contributed by atoms with E-state index < -0.39 is 5.91 Å².